The minimum absolute atomic E-state index is 0.0113. The lowest BCUT2D eigenvalue weighted by molar-refractivity contribution is -0.139. The molecule has 0 heterocycles. The first-order valence-corrected chi connectivity index (χ1v) is 15.5. The number of sulfonamides is 1. The number of carbonyl (C=O) groups excluding carboxylic acids is 2. The maximum Gasteiger partial charge on any atom is 0.264 e. The number of benzene rings is 4. The first kappa shape index (κ1) is 30.8. The molecule has 4 aromatic rings. The maximum absolute atomic E-state index is 14.3. The van der Waals surface area contributed by atoms with Crippen LogP contribution in [0.5, 0.6) is 0 Å². The zero-order valence-electron chi connectivity index (χ0n) is 23.6. The molecule has 218 valence electrons. The fraction of sp³-hybridized carbons (Fsp3) is 0.212. The van der Waals surface area contributed by atoms with E-state index < -0.39 is 28.5 Å². The van der Waals surface area contributed by atoms with Crippen LogP contribution in [0.1, 0.15) is 23.6 Å². The van der Waals surface area contributed by atoms with E-state index in [0.29, 0.717) is 16.3 Å². The molecule has 7 nitrogen and oxygen atoms in total. The van der Waals surface area contributed by atoms with Gasteiger partial charge >= 0.3 is 0 Å². The summed E-state index contributed by atoms with van der Waals surface area (Å²) in [6.07, 6.45) is 1.01. The van der Waals surface area contributed by atoms with Gasteiger partial charge in [0.15, 0.2) is 0 Å². The SMILES string of the molecule is CCc1ccc(N(CC(=O)N(Cc2ccccc2Cl)[C@@H](Cc2ccccc2)C(=O)NC)S(=O)(=O)c2ccccc2)cc1. The number of nitrogens with one attached hydrogen (secondary N) is 1. The molecule has 0 radical (unpaired) electrons. The molecular weight excluding hydrogens is 570 g/mol. The lowest BCUT2D eigenvalue weighted by Crippen LogP contribution is -2.53. The predicted molar refractivity (Wildman–Crippen MR) is 167 cm³/mol. The zero-order valence-corrected chi connectivity index (χ0v) is 25.2. The van der Waals surface area contributed by atoms with E-state index in [4.69, 9.17) is 11.6 Å². The van der Waals surface area contributed by atoms with Gasteiger partial charge in [0.2, 0.25) is 11.8 Å². The Morgan fingerprint density at radius 3 is 2.00 bits per heavy atom. The van der Waals surface area contributed by atoms with E-state index in [1.165, 1.54) is 24.1 Å². The van der Waals surface area contributed by atoms with Crippen molar-refractivity contribution < 1.29 is 18.0 Å². The lowest BCUT2D eigenvalue weighted by Gasteiger charge is -2.33. The molecule has 0 aromatic heterocycles. The quantitative estimate of drug-likeness (QED) is 0.232. The lowest BCUT2D eigenvalue weighted by atomic mass is 10.0. The van der Waals surface area contributed by atoms with E-state index in [9.17, 15) is 18.0 Å². The number of aryl methyl sites for hydroxylation is 1. The number of rotatable bonds is 12. The Morgan fingerprint density at radius 2 is 1.40 bits per heavy atom. The summed E-state index contributed by atoms with van der Waals surface area (Å²) in [4.78, 5) is 29.1. The van der Waals surface area contributed by atoms with Crippen molar-refractivity contribution in [2.75, 3.05) is 17.9 Å². The molecule has 9 heteroatoms. The molecule has 0 aliphatic carbocycles. The summed E-state index contributed by atoms with van der Waals surface area (Å²) in [5.74, 6) is -0.914. The van der Waals surface area contributed by atoms with E-state index in [1.54, 1.807) is 54.6 Å². The summed E-state index contributed by atoms with van der Waals surface area (Å²) in [5.41, 5.74) is 2.87. The first-order chi connectivity index (χ1) is 20.2. The Hall–Kier alpha value is -4.14. The third kappa shape index (κ3) is 7.38. The summed E-state index contributed by atoms with van der Waals surface area (Å²) in [7, 11) is -2.62. The van der Waals surface area contributed by atoms with Gasteiger partial charge in [0.05, 0.1) is 10.6 Å². The Balaban J connectivity index is 1.79. The van der Waals surface area contributed by atoms with Gasteiger partial charge in [-0.05, 0) is 53.4 Å². The number of amides is 2. The van der Waals surface area contributed by atoms with Crippen molar-refractivity contribution in [2.45, 2.75) is 37.2 Å². The molecule has 0 spiro atoms. The Bertz CT molecular complexity index is 1600. The first-order valence-electron chi connectivity index (χ1n) is 13.7. The van der Waals surface area contributed by atoms with Gasteiger partial charge in [-0.15, -0.1) is 0 Å². The highest BCUT2D eigenvalue weighted by atomic mass is 35.5. The molecule has 0 unspecified atom stereocenters. The van der Waals surface area contributed by atoms with Crippen LogP contribution in [-0.2, 0) is 39.0 Å². The molecule has 42 heavy (non-hydrogen) atoms. The summed E-state index contributed by atoms with van der Waals surface area (Å²) in [6.45, 7) is 1.50. The van der Waals surface area contributed by atoms with Gasteiger partial charge in [0.1, 0.15) is 12.6 Å². The van der Waals surface area contributed by atoms with Crippen LogP contribution in [0.2, 0.25) is 5.02 Å². The van der Waals surface area contributed by atoms with Crippen molar-refractivity contribution in [1.29, 1.82) is 0 Å². The number of anilines is 1. The molecule has 0 fully saturated rings. The van der Waals surface area contributed by atoms with E-state index in [1.807, 2.05) is 49.4 Å². The third-order valence-electron chi connectivity index (χ3n) is 7.06. The van der Waals surface area contributed by atoms with E-state index in [-0.39, 0.29) is 23.8 Å². The number of halogens is 1. The van der Waals surface area contributed by atoms with Crippen molar-refractivity contribution in [3.05, 3.63) is 131 Å². The van der Waals surface area contributed by atoms with Gasteiger partial charge in [-0.2, -0.15) is 0 Å². The fourth-order valence-corrected chi connectivity index (χ4v) is 6.31. The molecule has 0 saturated heterocycles. The highest BCUT2D eigenvalue weighted by Crippen LogP contribution is 2.26. The van der Waals surface area contributed by atoms with Crippen molar-refractivity contribution in [1.82, 2.24) is 10.2 Å². The second-order valence-electron chi connectivity index (χ2n) is 9.78. The Labute approximate surface area is 252 Å². The normalized spacial score (nSPS) is 11.9. The van der Waals surface area contributed by atoms with Crippen LogP contribution in [0, 0.1) is 0 Å². The average Bonchev–Trinajstić information content (AvgIpc) is 3.02. The summed E-state index contributed by atoms with van der Waals surface area (Å²) < 4.78 is 29.0. The van der Waals surface area contributed by atoms with Crippen LogP contribution in [0.4, 0.5) is 5.69 Å². The molecule has 1 atom stereocenters. The molecule has 4 rings (SSSR count). The van der Waals surface area contributed by atoms with Crippen LogP contribution < -0.4 is 9.62 Å². The van der Waals surface area contributed by atoms with E-state index in [2.05, 4.69) is 5.32 Å². The summed E-state index contributed by atoms with van der Waals surface area (Å²) >= 11 is 6.49. The average molecular weight is 604 g/mol. The molecule has 0 aliphatic rings. The van der Waals surface area contributed by atoms with E-state index in [0.717, 1.165) is 21.9 Å². The monoisotopic (exact) mass is 603 g/mol. The van der Waals surface area contributed by atoms with Crippen molar-refractivity contribution in [3.8, 4) is 0 Å². The molecule has 0 saturated carbocycles. The highest BCUT2D eigenvalue weighted by molar-refractivity contribution is 7.92. The molecule has 0 aliphatic heterocycles. The van der Waals surface area contributed by atoms with Gasteiger partial charge in [0.25, 0.3) is 10.0 Å². The minimum Gasteiger partial charge on any atom is -0.357 e. The highest BCUT2D eigenvalue weighted by Gasteiger charge is 2.34. The molecule has 4 aromatic carbocycles. The van der Waals surface area contributed by atoms with Crippen molar-refractivity contribution in [3.63, 3.8) is 0 Å². The van der Waals surface area contributed by atoms with E-state index >= 15 is 0 Å². The van der Waals surface area contributed by atoms with Gasteiger partial charge in [-0.3, -0.25) is 13.9 Å². The van der Waals surface area contributed by atoms with Crippen LogP contribution >= 0.6 is 11.6 Å². The van der Waals surface area contributed by atoms with Crippen molar-refractivity contribution in [2.24, 2.45) is 0 Å². The maximum atomic E-state index is 14.3. The number of carbonyl (C=O) groups is 2. The molecule has 0 bridgehead atoms. The van der Waals surface area contributed by atoms with Gasteiger partial charge in [-0.1, -0.05) is 97.4 Å². The smallest absolute Gasteiger partial charge is 0.264 e. The Kier molecular flexibility index (Phi) is 10.4. The van der Waals surface area contributed by atoms with Gasteiger partial charge in [-0.25, -0.2) is 8.42 Å². The number of likely N-dealkylation sites (N-methyl/N-ethyl adjacent to an activating group) is 1. The summed E-state index contributed by atoms with van der Waals surface area (Å²) in [5, 5.41) is 3.12. The minimum atomic E-state index is -4.13. The zero-order chi connectivity index (χ0) is 30.1. The number of hydrogen-bond acceptors (Lipinski definition) is 4. The number of hydrogen-bond donors (Lipinski definition) is 1. The van der Waals surface area contributed by atoms with Gasteiger partial charge in [0, 0.05) is 25.0 Å². The molecule has 1 N–H and O–H groups in total. The second-order valence-corrected chi connectivity index (χ2v) is 12.0. The third-order valence-corrected chi connectivity index (χ3v) is 9.22. The number of nitrogens with zero attached hydrogens (tertiary/aromatic N) is 2. The van der Waals surface area contributed by atoms with Crippen LogP contribution in [0.15, 0.2) is 114 Å². The predicted octanol–water partition coefficient (Wildman–Crippen LogP) is 5.48. The van der Waals surface area contributed by atoms with Crippen molar-refractivity contribution >= 4 is 39.1 Å². The Morgan fingerprint density at radius 1 is 0.810 bits per heavy atom. The topological polar surface area (TPSA) is 86.8 Å². The second kappa shape index (κ2) is 14.2. The largest absolute Gasteiger partial charge is 0.357 e. The van der Waals surface area contributed by atoms with Crippen LogP contribution in [-0.4, -0.2) is 44.8 Å². The van der Waals surface area contributed by atoms with Crippen LogP contribution in [0.25, 0.3) is 0 Å². The van der Waals surface area contributed by atoms with Crippen LogP contribution in [0.3, 0.4) is 0 Å². The molecule has 2 amide bonds. The molecular formula is C33H34ClN3O4S. The van der Waals surface area contributed by atoms with Gasteiger partial charge < -0.3 is 10.2 Å². The standard InChI is InChI=1S/C33H34ClN3O4S/c1-3-25-18-20-28(21-19-25)37(42(40,41)29-15-8-5-9-16-29)24-32(38)36(23-27-14-10-11-17-30(27)34)31(33(39)35-2)22-26-12-6-4-7-13-26/h4-21,31H,3,22-24H2,1-2H3,(H,35,39)/t31-/m0/s1. The summed E-state index contributed by atoms with van der Waals surface area (Å²) in [6, 6.07) is 30.6. The fourth-order valence-electron chi connectivity index (χ4n) is 4.68.